The molecular formula is C24H38ClNO4. The van der Waals surface area contributed by atoms with Crippen molar-refractivity contribution in [3.8, 4) is 0 Å². The summed E-state index contributed by atoms with van der Waals surface area (Å²) in [5.74, 6) is -0.132. The van der Waals surface area contributed by atoms with Gasteiger partial charge >= 0.3 is 0 Å². The van der Waals surface area contributed by atoms with Crippen LogP contribution in [0.1, 0.15) is 77.6 Å². The predicted molar refractivity (Wildman–Crippen MR) is 122 cm³/mol. The number of allylic oxidation sites excluding steroid dienone is 2. The summed E-state index contributed by atoms with van der Waals surface area (Å²) in [6.45, 7) is 2.68. The number of hydrogen-bond donors (Lipinski definition) is 2. The fourth-order valence-corrected chi connectivity index (χ4v) is 3.69. The minimum atomic E-state index is -0.629. The van der Waals surface area contributed by atoms with Crippen LogP contribution < -0.4 is 5.32 Å². The van der Waals surface area contributed by atoms with Crippen LogP contribution in [0.15, 0.2) is 34.9 Å². The Morgan fingerprint density at radius 3 is 2.77 bits per heavy atom. The van der Waals surface area contributed by atoms with Gasteiger partial charge in [0.1, 0.15) is 0 Å². The van der Waals surface area contributed by atoms with E-state index in [0.29, 0.717) is 37.0 Å². The highest BCUT2D eigenvalue weighted by molar-refractivity contribution is 6.26. The maximum Gasteiger partial charge on any atom is 0.220 e. The minimum Gasteiger partial charge on any atom is -0.389 e. The molecule has 0 bridgehead atoms. The van der Waals surface area contributed by atoms with Crippen LogP contribution in [0, 0.1) is 0 Å². The fraction of sp³-hybridized carbons (Fsp3) is 0.667. The average molecular weight is 440 g/mol. The summed E-state index contributed by atoms with van der Waals surface area (Å²) in [7, 11) is 1.75. The van der Waals surface area contributed by atoms with Gasteiger partial charge in [0.15, 0.2) is 5.78 Å². The molecule has 0 saturated carbocycles. The van der Waals surface area contributed by atoms with E-state index in [9.17, 15) is 14.7 Å². The van der Waals surface area contributed by atoms with Crippen LogP contribution in [0.3, 0.4) is 0 Å². The van der Waals surface area contributed by atoms with Crippen molar-refractivity contribution in [2.45, 2.75) is 89.8 Å². The normalized spacial score (nSPS) is 18.5. The Hall–Kier alpha value is -1.43. The van der Waals surface area contributed by atoms with Crippen LogP contribution in [0.5, 0.6) is 0 Å². The fourth-order valence-electron chi connectivity index (χ4n) is 3.46. The first-order valence-electron chi connectivity index (χ1n) is 11.2. The van der Waals surface area contributed by atoms with Gasteiger partial charge in [0.25, 0.3) is 0 Å². The van der Waals surface area contributed by atoms with Crippen LogP contribution in [-0.4, -0.2) is 42.7 Å². The first kappa shape index (κ1) is 26.6. The maximum absolute atomic E-state index is 12.1. The Kier molecular flexibility index (Phi) is 14.4. The van der Waals surface area contributed by atoms with Gasteiger partial charge < -0.3 is 15.2 Å². The lowest BCUT2D eigenvalue weighted by atomic mass is 9.89. The summed E-state index contributed by atoms with van der Waals surface area (Å²) < 4.78 is 5.53. The molecular weight excluding hydrogens is 402 g/mol. The van der Waals surface area contributed by atoms with E-state index in [2.05, 4.69) is 18.3 Å². The van der Waals surface area contributed by atoms with Gasteiger partial charge in [-0.2, -0.15) is 0 Å². The molecule has 6 heteroatoms. The number of carbonyl (C=O) groups excluding carboxylic acids is 2. The highest BCUT2D eigenvalue weighted by Gasteiger charge is 2.22. The molecule has 0 saturated heterocycles. The van der Waals surface area contributed by atoms with Crippen molar-refractivity contribution in [2.24, 2.45) is 0 Å². The van der Waals surface area contributed by atoms with Gasteiger partial charge in [-0.05, 0) is 37.3 Å². The Labute approximate surface area is 186 Å². The van der Waals surface area contributed by atoms with Crippen LogP contribution in [0.2, 0.25) is 0 Å². The van der Waals surface area contributed by atoms with Crippen molar-refractivity contribution in [3.63, 3.8) is 0 Å². The third kappa shape index (κ3) is 11.1. The van der Waals surface area contributed by atoms with Gasteiger partial charge in [-0.25, -0.2) is 0 Å². The number of unbranched alkanes of at least 4 members (excludes halogenated alkanes) is 4. The molecule has 0 aliphatic heterocycles. The van der Waals surface area contributed by atoms with Crippen molar-refractivity contribution in [1.82, 2.24) is 5.32 Å². The van der Waals surface area contributed by atoms with Gasteiger partial charge in [-0.1, -0.05) is 62.8 Å². The summed E-state index contributed by atoms with van der Waals surface area (Å²) >= 11 is 5.86. The SMILES string of the molecule is CCCCCCC[C@@H](C/C=C/CNC(=O)CC/C(=C/Cl)C1=C[C@@H](O)CCC1=O)OC. The highest BCUT2D eigenvalue weighted by atomic mass is 35.5. The van der Waals surface area contributed by atoms with Crippen LogP contribution in [-0.2, 0) is 14.3 Å². The number of aliphatic hydroxyl groups excluding tert-OH is 1. The zero-order chi connectivity index (χ0) is 22.2. The highest BCUT2D eigenvalue weighted by Crippen LogP contribution is 2.25. The number of nitrogens with one attached hydrogen (secondary N) is 1. The third-order valence-electron chi connectivity index (χ3n) is 5.37. The number of hydrogen-bond acceptors (Lipinski definition) is 4. The number of methoxy groups -OCH3 is 1. The number of rotatable bonds is 15. The molecule has 0 aromatic rings. The zero-order valence-corrected chi connectivity index (χ0v) is 19.3. The van der Waals surface area contributed by atoms with Crippen molar-refractivity contribution < 1.29 is 19.4 Å². The van der Waals surface area contributed by atoms with E-state index in [1.54, 1.807) is 7.11 Å². The lowest BCUT2D eigenvalue weighted by Crippen LogP contribution is -2.24. The predicted octanol–water partition coefficient (Wildman–Crippen LogP) is 4.98. The van der Waals surface area contributed by atoms with E-state index in [1.807, 2.05) is 6.08 Å². The average Bonchev–Trinajstić information content (AvgIpc) is 2.74. The van der Waals surface area contributed by atoms with Crippen molar-refractivity contribution in [1.29, 1.82) is 0 Å². The molecule has 0 unspecified atom stereocenters. The van der Waals surface area contributed by atoms with Gasteiger partial charge in [0, 0.05) is 37.6 Å². The molecule has 0 aromatic heterocycles. The molecule has 1 rings (SSSR count). The molecule has 0 aromatic carbocycles. The zero-order valence-electron chi connectivity index (χ0n) is 18.5. The number of aliphatic hydroxyl groups is 1. The molecule has 2 N–H and O–H groups in total. The van der Waals surface area contributed by atoms with Crippen molar-refractivity contribution in [2.75, 3.05) is 13.7 Å². The summed E-state index contributed by atoms with van der Waals surface area (Å²) in [5, 5.41) is 12.6. The molecule has 0 heterocycles. The largest absolute Gasteiger partial charge is 0.389 e. The molecule has 1 aliphatic carbocycles. The quantitative estimate of drug-likeness (QED) is 0.279. The smallest absolute Gasteiger partial charge is 0.220 e. The number of Topliss-reactive ketones (excluding diaryl/α,β-unsaturated/α-hetero) is 1. The molecule has 0 spiro atoms. The monoisotopic (exact) mass is 439 g/mol. The molecule has 2 atom stereocenters. The van der Waals surface area contributed by atoms with Crippen molar-refractivity contribution in [3.05, 3.63) is 34.9 Å². The summed E-state index contributed by atoms with van der Waals surface area (Å²) in [4.78, 5) is 24.1. The van der Waals surface area contributed by atoms with Gasteiger partial charge in [-0.15, -0.1) is 0 Å². The van der Waals surface area contributed by atoms with Crippen LogP contribution in [0.4, 0.5) is 0 Å². The Balaban J connectivity index is 2.26. The number of halogens is 1. The van der Waals surface area contributed by atoms with E-state index < -0.39 is 6.10 Å². The third-order valence-corrected chi connectivity index (χ3v) is 5.63. The van der Waals surface area contributed by atoms with Crippen molar-refractivity contribution >= 4 is 23.3 Å². The van der Waals surface area contributed by atoms with Crippen LogP contribution >= 0.6 is 11.6 Å². The lowest BCUT2D eigenvalue weighted by Gasteiger charge is -2.18. The Morgan fingerprint density at radius 2 is 2.07 bits per heavy atom. The minimum absolute atomic E-state index is 0.0337. The van der Waals surface area contributed by atoms with E-state index in [1.165, 1.54) is 43.7 Å². The van der Waals surface area contributed by atoms with Crippen LogP contribution in [0.25, 0.3) is 0 Å². The topological polar surface area (TPSA) is 75.6 Å². The summed E-state index contributed by atoms with van der Waals surface area (Å²) in [6.07, 6.45) is 14.7. The lowest BCUT2D eigenvalue weighted by molar-refractivity contribution is -0.121. The number of ether oxygens (including phenoxy) is 1. The summed E-state index contributed by atoms with van der Waals surface area (Å²) in [6, 6.07) is 0. The number of ketones is 1. The van der Waals surface area contributed by atoms with Gasteiger partial charge in [-0.3, -0.25) is 9.59 Å². The molecule has 5 nitrogen and oxygen atoms in total. The van der Waals surface area contributed by atoms with E-state index in [-0.39, 0.29) is 24.2 Å². The van der Waals surface area contributed by atoms with E-state index >= 15 is 0 Å². The van der Waals surface area contributed by atoms with Gasteiger partial charge in [0.05, 0.1) is 12.2 Å². The number of carbonyl (C=O) groups is 2. The molecule has 0 radical (unpaired) electrons. The standard InChI is InChI=1S/C24H38ClNO4/c1-3-4-5-6-7-10-21(30-2)11-8-9-16-26-24(29)15-12-19(18-25)22-17-20(27)13-14-23(22)28/h8-9,17-18,20-21,27H,3-7,10-16H2,1-2H3,(H,26,29)/b9-8+,19-18-/t20-,21-/m0/s1. The molecule has 0 fully saturated rings. The molecule has 1 amide bonds. The second kappa shape index (κ2) is 16.3. The Bertz CT molecular complexity index is 612. The maximum atomic E-state index is 12.1. The first-order chi connectivity index (χ1) is 14.5. The Morgan fingerprint density at radius 1 is 1.30 bits per heavy atom. The number of amides is 1. The second-order valence-electron chi connectivity index (χ2n) is 7.82. The second-order valence-corrected chi connectivity index (χ2v) is 8.03. The molecule has 1 aliphatic rings. The van der Waals surface area contributed by atoms with E-state index in [4.69, 9.17) is 16.3 Å². The first-order valence-corrected chi connectivity index (χ1v) is 11.6. The van der Waals surface area contributed by atoms with E-state index in [0.717, 1.165) is 12.8 Å². The molecule has 30 heavy (non-hydrogen) atoms. The van der Waals surface area contributed by atoms with Gasteiger partial charge in [0.2, 0.25) is 5.91 Å². The molecule has 170 valence electrons. The summed E-state index contributed by atoms with van der Waals surface area (Å²) in [5.41, 5.74) is 2.38.